The number of ether oxygens (including phenoxy) is 1. The lowest BCUT2D eigenvalue weighted by Crippen LogP contribution is -2.01. The lowest BCUT2D eigenvalue weighted by molar-refractivity contribution is 0.292. The van der Waals surface area contributed by atoms with E-state index < -0.39 is 0 Å². The summed E-state index contributed by atoms with van der Waals surface area (Å²) >= 11 is 0. The Kier molecular flexibility index (Phi) is 4.95. The van der Waals surface area contributed by atoms with Crippen molar-refractivity contribution in [1.29, 1.82) is 0 Å². The van der Waals surface area contributed by atoms with E-state index in [-0.39, 0.29) is 0 Å². The number of pyridine rings is 1. The summed E-state index contributed by atoms with van der Waals surface area (Å²) < 4.78 is 5.57. The van der Waals surface area contributed by atoms with E-state index in [1.807, 2.05) is 13.0 Å². The minimum atomic E-state index is 0.686. The Balaban J connectivity index is 2.31. The van der Waals surface area contributed by atoms with Gasteiger partial charge in [-0.3, -0.25) is 0 Å². The Morgan fingerprint density at radius 2 is 2.13 bits per heavy atom. The Hall–Kier alpha value is -1.25. The molecule has 0 saturated heterocycles. The fourth-order valence-corrected chi connectivity index (χ4v) is 1.43. The standard InChI is InChI=1S/C12H20N2O/c1-3-4-5-6-7-15-12-10(2)8-11(13)9-14-12/h8-9H,3-7,13H2,1-2H3. The Labute approximate surface area is 91.7 Å². The molecule has 0 aliphatic heterocycles. The molecule has 3 heteroatoms. The number of anilines is 1. The van der Waals surface area contributed by atoms with Crippen LogP contribution in [0.2, 0.25) is 0 Å². The van der Waals surface area contributed by atoms with Gasteiger partial charge in [0.1, 0.15) is 0 Å². The molecule has 2 N–H and O–H groups in total. The Morgan fingerprint density at radius 1 is 1.33 bits per heavy atom. The van der Waals surface area contributed by atoms with E-state index in [0.29, 0.717) is 11.6 Å². The van der Waals surface area contributed by atoms with Crippen molar-refractivity contribution in [2.75, 3.05) is 12.3 Å². The third-order valence-corrected chi connectivity index (χ3v) is 2.29. The number of rotatable bonds is 6. The first kappa shape index (κ1) is 11.8. The lowest BCUT2D eigenvalue weighted by atomic mass is 10.2. The molecule has 0 fully saturated rings. The third-order valence-electron chi connectivity index (χ3n) is 2.29. The summed E-state index contributed by atoms with van der Waals surface area (Å²) in [4.78, 5) is 4.15. The average molecular weight is 208 g/mol. The summed E-state index contributed by atoms with van der Waals surface area (Å²) in [5.41, 5.74) is 7.29. The van der Waals surface area contributed by atoms with E-state index in [0.717, 1.165) is 18.6 Å². The number of hydrogen-bond acceptors (Lipinski definition) is 3. The number of hydrogen-bond donors (Lipinski definition) is 1. The number of nitrogens with two attached hydrogens (primary N) is 1. The van der Waals surface area contributed by atoms with Gasteiger partial charge in [-0.05, 0) is 19.4 Å². The largest absolute Gasteiger partial charge is 0.477 e. The first-order valence-corrected chi connectivity index (χ1v) is 5.59. The molecule has 1 aromatic rings. The quantitative estimate of drug-likeness (QED) is 0.731. The zero-order valence-corrected chi connectivity index (χ0v) is 9.62. The molecule has 0 saturated carbocycles. The van der Waals surface area contributed by atoms with E-state index in [4.69, 9.17) is 10.5 Å². The predicted octanol–water partition coefficient (Wildman–Crippen LogP) is 2.93. The molecule has 0 radical (unpaired) electrons. The summed E-state index contributed by atoms with van der Waals surface area (Å²) in [5.74, 6) is 0.709. The Morgan fingerprint density at radius 3 is 2.80 bits per heavy atom. The van der Waals surface area contributed by atoms with Crippen molar-refractivity contribution in [2.24, 2.45) is 0 Å². The molecule has 0 aliphatic carbocycles. The topological polar surface area (TPSA) is 48.1 Å². The molecular weight excluding hydrogens is 188 g/mol. The van der Waals surface area contributed by atoms with Crippen LogP contribution < -0.4 is 10.5 Å². The van der Waals surface area contributed by atoms with Crippen molar-refractivity contribution in [3.8, 4) is 5.88 Å². The molecule has 0 aromatic carbocycles. The zero-order chi connectivity index (χ0) is 11.1. The highest BCUT2D eigenvalue weighted by Crippen LogP contribution is 2.16. The van der Waals surface area contributed by atoms with Gasteiger partial charge in [0.15, 0.2) is 0 Å². The molecule has 15 heavy (non-hydrogen) atoms. The van der Waals surface area contributed by atoms with Gasteiger partial charge in [0.05, 0.1) is 18.5 Å². The van der Waals surface area contributed by atoms with Gasteiger partial charge in [0, 0.05) is 5.56 Å². The number of nitrogens with zero attached hydrogens (tertiary/aromatic N) is 1. The van der Waals surface area contributed by atoms with Crippen molar-refractivity contribution in [3.05, 3.63) is 17.8 Å². The molecule has 0 spiro atoms. The van der Waals surface area contributed by atoms with Gasteiger partial charge in [0.2, 0.25) is 5.88 Å². The molecular formula is C12H20N2O. The van der Waals surface area contributed by atoms with E-state index in [2.05, 4.69) is 11.9 Å². The SMILES string of the molecule is CCCCCCOc1ncc(N)cc1C. The van der Waals surface area contributed by atoms with E-state index in [1.165, 1.54) is 19.3 Å². The van der Waals surface area contributed by atoms with Crippen molar-refractivity contribution in [3.63, 3.8) is 0 Å². The van der Waals surface area contributed by atoms with Crippen molar-refractivity contribution >= 4 is 5.69 Å². The highest BCUT2D eigenvalue weighted by molar-refractivity contribution is 5.41. The van der Waals surface area contributed by atoms with Crippen LogP contribution >= 0.6 is 0 Å². The number of unbranched alkanes of at least 4 members (excludes halogenated alkanes) is 3. The second-order valence-corrected chi connectivity index (χ2v) is 3.80. The maximum absolute atomic E-state index is 5.60. The molecule has 0 unspecified atom stereocenters. The fraction of sp³-hybridized carbons (Fsp3) is 0.583. The molecule has 0 bridgehead atoms. The minimum absolute atomic E-state index is 0.686. The van der Waals surface area contributed by atoms with Crippen LogP contribution in [0.1, 0.15) is 38.2 Å². The third kappa shape index (κ3) is 4.19. The van der Waals surface area contributed by atoms with Crippen LogP contribution in [0.3, 0.4) is 0 Å². The monoisotopic (exact) mass is 208 g/mol. The molecule has 0 atom stereocenters. The van der Waals surface area contributed by atoms with Gasteiger partial charge in [-0.2, -0.15) is 0 Å². The summed E-state index contributed by atoms with van der Waals surface area (Å²) in [6.07, 6.45) is 6.48. The van der Waals surface area contributed by atoms with E-state index in [9.17, 15) is 0 Å². The first-order chi connectivity index (χ1) is 7.24. The van der Waals surface area contributed by atoms with Crippen LogP contribution in [-0.4, -0.2) is 11.6 Å². The fourth-order valence-electron chi connectivity index (χ4n) is 1.43. The molecule has 1 aromatic heterocycles. The van der Waals surface area contributed by atoms with Crippen molar-refractivity contribution < 1.29 is 4.74 Å². The summed E-state index contributed by atoms with van der Waals surface area (Å²) in [7, 11) is 0. The summed E-state index contributed by atoms with van der Waals surface area (Å²) in [6, 6.07) is 1.88. The van der Waals surface area contributed by atoms with Gasteiger partial charge < -0.3 is 10.5 Å². The van der Waals surface area contributed by atoms with Crippen LogP contribution in [0.25, 0.3) is 0 Å². The van der Waals surface area contributed by atoms with Crippen LogP contribution in [0.5, 0.6) is 5.88 Å². The van der Waals surface area contributed by atoms with Crippen LogP contribution in [0.15, 0.2) is 12.3 Å². The van der Waals surface area contributed by atoms with Crippen LogP contribution in [0, 0.1) is 6.92 Å². The smallest absolute Gasteiger partial charge is 0.216 e. The second kappa shape index (κ2) is 6.27. The van der Waals surface area contributed by atoms with Gasteiger partial charge in [-0.25, -0.2) is 4.98 Å². The molecule has 84 valence electrons. The van der Waals surface area contributed by atoms with Crippen LogP contribution in [-0.2, 0) is 0 Å². The second-order valence-electron chi connectivity index (χ2n) is 3.80. The highest BCUT2D eigenvalue weighted by Gasteiger charge is 2.00. The van der Waals surface area contributed by atoms with E-state index in [1.54, 1.807) is 6.20 Å². The zero-order valence-electron chi connectivity index (χ0n) is 9.62. The molecule has 1 rings (SSSR count). The molecule has 1 heterocycles. The summed E-state index contributed by atoms with van der Waals surface area (Å²) in [6.45, 7) is 4.91. The van der Waals surface area contributed by atoms with Crippen molar-refractivity contribution in [1.82, 2.24) is 4.98 Å². The minimum Gasteiger partial charge on any atom is -0.477 e. The number of aromatic nitrogens is 1. The predicted molar refractivity (Wildman–Crippen MR) is 63.0 cm³/mol. The average Bonchev–Trinajstić information content (AvgIpc) is 2.20. The van der Waals surface area contributed by atoms with Crippen molar-refractivity contribution in [2.45, 2.75) is 39.5 Å². The maximum atomic E-state index is 5.60. The van der Waals surface area contributed by atoms with Gasteiger partial charge >= 0.3 is 0 Å². The first-order valence-electron chi connectivity index (χ1n) is 5.59. The maximum Gasteiger partial charge on any atom is 0.216 e. The number of nitrogen functional groups attached to an aromatic ring is 1. The summed E-state index contributed by atoms with van der Waals surface area (Å²) in [5, 5.41) is 0. The van der Waals surface area contributed by atoms with Gasteiger partial charge in [-0.15, -0.1) is 0 Å². The lowest BCUT2D eigenvalue weighted by Gasteiger charge is -2.07. The van der Waals surface area contributed by atoms with Gasteiger partial charge in [0.25, 0.3) is 0 Å². The Bertz CT molecular complexity index is 300. The van der Waals surface area contributed by atoms with Gasteiger partial charge in [-0.1, -0.05) is 26.2 Å². The van der Waals surface area contributed by atoms with Crippen LogP contribution in [0.4, 0.5) is 5.69 Å². The highest BCUT2D eigenvalue weighted by atomic mass is 16.5. The normalized spacial score (nSPS) is 10.3. The molecule has 0 amide bonds. The molecule has 3 nitrogen and oxygen atoms in total. The van der Waals surface area contributed by atoms with E-state index >= 15 is 0 Å². The molecule has 0 aliphatic rings. The number of aryl methyl sites for hydroxylation is 1.